The lowest BCUT2D eigenvalue weighted by atomic mass is 9.46. The first-order chi connectivity index (χ1) is 25.0. The van der Waals surface area contributed by atoms with Crippen molar-refractivity contribution in [2.24, 2.45) is 42.6 Å². The van der Waals surface area contributed by atoms with Crippen molar-refractivity contribution >= 4 is 30.4 Å². The Morgan fingerprint density at radius 2 is 1.83 bits per heavy atom. The van der Waals surface area contributed by atoms with Gasteiger partial charge in [-0.25, -0.2) is 9.38 Å². The molecule has 5 heterocycles. The Balaban J connectivity index is 1.34. The number of aryl methyl sites for hydroxylation is 2. The van der Waals surface area contributed by atoms with E-state index in [9.17, 15) is 0 Å². The molecule has 2 unspecified atom stereocenters. The second-order valence-electron chi connectivity index (χ2n) is 17.8. The Labute approximate surface area is 314 Å². The average molecular weight is 703 g/mol. The van der Waals surface area contributed by atoms with Crippen LogP contribution in [0.3, 0.4) is 0 Å². The number of halogens is 1. The predicted molar refractivity (Wildman–Crippen MR) is 220 cm³/mol. The zero-order valence-electron chi connectivity index (χ0n) is 33.0. The number of aliphatic imine (C=N–C) groups is 3. The summed E-state index contributed by atoms with van der Waals surface area (Å²) in [5.74, 6) is 0.878. The highest BCUT2D eigenvalue weighted by Gasteiger charge is 2.72. The van der Waals surface area contributed by atoms with E-state index in [0.717, 1.165) is 86.1 Å². The monoisotopic (exact) mass is 703 g/mol. The quantitative estimate of drug-likeness (QED) is 0.136. The highest BCUT2D eigenvalue weighted by Crippen LogP contribution is 2.81. The second kappa shape index (κ2) is 14.1. The fraction of sp³-hybridized carbons (Fsp3) is 0.596. The Hall–Kier alpha value is -3.34. The van der Waals surface area contributed by atoms with Crippen molar-refractivity contribution in [1.82, 2.24) is 4.90 Å². The number of nitrogens with zero attached hydrogens (tertiary/aromatic N) is 4. The standard InChI is InChI=1S/C47H63FN4/c1-9-13-19-46(30-47(46)21-22-47)20-14-23-50-41-38-27-51-42(40(41)48)39-36(11-3)32(5)25-33(6)37(39)17-16-35(10-2)26-34(7)45(12-4)28-44(29-45)18-15-24-52(31-44)43(38)49-8/h10-12,25,27,34H,3-4,8-9,13-24,26,28-31H2,1-2,5-7H3/b35-10-,43-38+,50-41?. The third-order valence-electron chi connectivity index (χ3n) is 14.8. The highest BCUT2D eigenvalue weighted by molar-refractivity contribution is 6.28. The lowest BCUT2D eigenvalue weighted by molar-refractivity contribution is -0.0804. The van der Waals surface area contributed by atoms with Crippen molar-refractivity contribution < 1.29 is 4.39 Å². The third-order valence-corrected chi connectivity index (χ3v) is 14.8. The van der Waals surface area contributed by atoms with Gasteiger partial charge in [-0.1, -0.05) is 63.1 Å². The van der Waals surface area contributed by atoms with E-state index >= 15 is 4.39 Å². The van der Waals surface area contributed by atoms with E-state index in [1.165, 1.54) is 62.5 Å². The molecule has 5 bridgehead atoms. The van der Waals surface area contributed by atoms with E-state index in [1.54, 1.807) is 0 Å². The molecule has 1 saturated heterocycles. The molecular weight excluding hydrogens is 640 g/mol. The van der Waals surface area contributed by atoms with Crippen LogP contribution in [-0.4, -0.2) is 43.2 Å². The van der Waals surface area contributed by atoms with Crippen LogP contribution in [-0.2, 0) is 6.42 Å². The number of rotatable bonds is 10. The van der Waals surface area contributed by atoms with Crippen molar-refractivity contribution in [2.45, 2.75) is 131 Å². The van der Waals surface area contributed by atoms with Gasteiger partial charge in [-0.2, -0.15) is 0 Å². The van der Waals surface area contributed by atoms with E-state index in [1.807, 2.05) is 12.3 Å². The van der Waals surface area contributed by atoms with Crippen LogP contribution in [0.5, 0.6) is 0 Å². The van der Waals surface area contributed by atoms with E-state index in [-0.39, 0.29) is 16.7 Å². The molecular formula is C47H63FN4. The summed E-state index contributed by atoms with van der Waals surface area (Å²) < 4.78 is 17.6. The Bertz CT molecular complexity index is 1790. The van der Waals surface area contributed by atoms with Gasteiger partial charge in [-0.05, 0) is 161 Å². The van der Waals surface area contributed by atoms with Gasteiger partial charge in [-0.15, -0.1) is 6.58 Å². The number of piperidine rings is 1. The van der Waals surface area contributed by atoms with Gasteiger partial charge in [0.15, 0.2) is 5.83 Å². The lowest BCUT2D eigenvalue weighted by Gasteiger charge is -2.61. The van der Waals surface area contributed by atoms with Crippen molar-refractivity contribution in [3.05, 3.63) is 82.0 Å². The Morgan fingerprint density at radius 3 is 2.48 bits per heavy atom. The van der Waals surface area contributed by atoms with Crippen LogP contribution < -0.4 is 0 Å². The van der Waals surface area contributed by atoms with E-state index in [2.05, 4.69) is 82.6 Å². The molecule has 5 aliphatic heterocycles. The van der Waals surface area contributed by atoms with Crippen LogP contribution in [0.1, 0.15) is 138 Å². The van der Waals surface area contributed by atoms with Gasteiger partial charge in [0.2, 0.25) is 0 Å². The molecule has 0 amide bonds. The van der Waals surface area contributed by atoms with Gasteiger partial charge in [-0.3, -0.25) is 9.98 Å². The molecule has 4 nitrogen and oxygen atoms in total. The summed E-state index contributed by atoms with van der Waals surface area (Å²) in [4.78, 5) is 17.2. The maximum Gasteiger partial charge on any atom is 0.175 e. The number of benzene rings is 1. The van der Waals surface area contributed by atoms with Crippen molar-refractivity contribution in [1.29, 1.82) is 0 Å². The normalized spacial score (nSPS) is 33.6. The first-order valence-corrected chi connectivity index (χ1v) is 20.5. The second-order valence-corrected chi connectivity index (χ2v) is 17.8. The zero-order valence-corrected chi connectivity index (χ0v) is 33.0. The summed E-state index contributed by atoms with van der Waals surface area (Å²) >= 11 is 0. The minimum absolute atomic E-state index is 0.123. The molecule has 0 N–H and O–H groups in total. The summed E-state index contributed by atoms with van der Waals surface area (Å²) in [6.45, 7) is 26.2. The van der Waals surface area contributed by atoms with Crippen LogP contribution in [0.15, 0.2) is 69.1 Å². The smallest absolute Gasteiger partial charge is 0.175 e. The Morgan fingerprint density at radius 1 is 1.06 bits per heavy atom. The summed E-state index contributed by atoms with van der Waals surface area (Å²) in [6.07, 6.45) is 25.9. The molecule has 1 aromatic carbocycles. The molecule has 3 aliphatic carbocycles. The van der Waals surface area contributed by atoms with Crippen LogP contribution in [0, 0.1) is 41.4 Å². The first kappa shape index (κ1) is 37.0. The van der Waals surface area contributed by atoms with E-state index in [0.29, 0.717) is 40.3 Å². The average Bonchev–Trinajstić information content (AvgIpc) is 4.04. The van der Waals surface area contributed by atoms with E-state index in [4.69, 9.17) is 9.98 Å². The first-order valence-electron chi connectivity index (χ1n) is 20.5. The van der Waals surface area contributed by atoms with Crippen molar-refractivity contribution in [3.8, 4) is 0 Å². The van der Waals surface area contributed by atoms with Gasteiger partial charge in [0.25, 0.3) is 0 Å². The van der Waals surface area contributed by atoms with Crippen molar-refractivity contribution in [2.75, 3.05) is 19.6 Å². The molecule has 0 aromatic heterocycles. The molecule has 4 fully saturated rings. The molecule has 278 valence electrons. The predicted octanol–water partition coefficient (Wildman–Crippen LogP) is 12.1. The summed E-state index contributed by atoms with van der Waals surface area (Å²) in [6, 6.07) is 2.23. The zero-order chi connectivity index (χ0) is 36.9. The maximum atomic E-state index is 17.6. The molecule has 2 spiro atoms. The van der Waals surface area contributed by atoms with Crippen LogP contribution >= 0.6 is 0 Å². The fourth-order valence-electron chi connectivity index (χ4n) is 11.6. The maximum absolute atomic E-state index is 17.6. The lowest BCUT2D eigenvalue weighted by Crippen LogP contribution is -2.56. The molecule has 9 rings (SSSR count). The van der Waals surface area contributed by atoms with Gasteiger partial charge in [0, 0.05) is 31.4 Å². The molecule has 0 radical (unpaired) electrons. The molecule has 3 saturated carbocycles. The topological polar surface area (TPSA) is 40.3 Å². The third kappa shape index (κ3) is 6.26. The van der Waals surface area contributed by atoms with Crippen molar-refractivity contribution in [3.63, 3.8) is 0 Å². The molecule has 5 heteroatoms. The number of hydrogen-bond donors (Lipinski definition) is 0. The molecule has 52 heavy (non-hydrogen) atoms. The van der Waals surface area contributed by atoms with Gasteiger partial charge < -0.3 is 4.90 Å². The SMILES string of the molecule is C=Cc1c(C)cc(C)c2c1C1=C(F)C(=NCCCC3(CCCC)CC34CC4)/C(=C(\N=C)N3CCCC4(C3)CC(C=C)(C4)C(C)C/C(=C\C)CC2)C=N1. The van der Waals surface area contributed by atoms with Crippen LogP contribution in [0.2, 0.25) is 0 Å². The number of unbranched alkanes of at least 4 members (excludes halogenated alkanes) is 1. The summed E-state index contributed by atoms with van der Waals surface area (Å²) in [5.41, 5.74) is 9.57. The molecule has 2 atom stereocenters. The van der Waals surface area contributed by atoms with Gasteiger partial charge >= 0.3 is 0 Å². The highest BCUT2D eigenvalue weighted by atomic mass is 19.1. The van der Waals surface area contributed by atoms with Gasteiger partial charge in [0.05, 0.1) is 5.57 Å². The Kier molecular flexibility index (Phi) is 10.1. The molecule has 1 aromatic rings. The van der Waals surface area contributed by atoms with Gasteiger partial charge in [0.1, 0.15) is 17.2 Å². The largest absolute Gasteiger partial charge is 0.355 e. The van der Waals surface area contributed by atoms with Crippen LogP contribution in [0.4, 0.5) is 4.39 Å². The fourth-order valence-corrected chi connectivity index (χ4v) is 11.6. The van der Waals surface area contributed by atoms with E-state index < -0.39 is 0 Å². The number of hydrogen-bond acceptors (Lipinski definition) is 4. The summed E-state index contributed by atoms with van der Waals surface area (Å²) in [7, 11) is 0. The number of allylic oxidation sites excluding steroid dienone is 5. The van der Waals surface area contributed by atoms with Crippen LogP contribution in [0.25, 0.3) is 11.8 Å². The molecule has 8 aliphatic rings. The minimum Gasteiger partial charge on any atom is -0.355 e. The summed E-state index contributed by atoms with van der Waals surface area (Å²) in [5, 5.41) is 0. The minimum atomic E-state index is -0.344.